The smallest absolute Gasteiger partial charge is 0.272 e. The first kappa shape index (κ1) is 13.2. The highest BCUT2D eigenvalue weighted by molar-refractivity contribution is 6.06. The van der Waals surface area contributed by atoms with Crippen molar-refractivity contribution in [3.05, 3.63) is 59.3 Å². The van der Waals surface area contributed by atoms with Crippen LogP contribution in [0.5, 0.6) is 0 Å². The summed E-state index contributed by atoms with van der Waals surface area (Å²) in [5.41, 5.74) is 10.9. The van der Waals surface area contributed by atoms with Crippen LogP contribution in [-0.2, 0) is 0 Å². The van der Waals surface area contributed by atoms with Crippen LogP contribution in [0.25, 0.3) is 10.9 Å². The molecule has 106 valence electrons. The number of fused-ring (bicyclic) bond motifs is 1. The van der Waals surface area contributed by atoms with Crippen molar-refractivity contribution in [1.82, 2.24) is 4.98 Å². The molecule has 0 radical (unpaired) electrons. The molecule has 1 heterocycles. The van der Waals surface area contributed by atoms with E-state index in [1.54, 1.807) is 0 Å². The summed E-state index contributed by atoms with van der Waals surface area (Å²) in [4.78, 5) is 15.4. The monoisotopic (exact) mass is 279 g/mol. The van der Waals surface area contributed by atoms with Gasteiger partial charge in [-0.2, -0.15) is 0 Å². The second kappa shape index (κ2) is 4.98. The Balaban J connectivity index is 1.89. The van der Waals surface area contributed by atoms with Gasteiger partial charge in [0.15, 0.2) is 0 Å². The summed E-state index contributed by atoms with van der Waals surface area (Å²) in [5, 5.41) is 3.85. The lowest BCUT2D eigenvalue weighted by atomic mass is 10.1. The van der Waals surface area contributed by atoms with Gasteiger partial charge in [0.05, 0.1) is 0 Å². The number of benzene rings is 2. The number of amides is 1. The normalized spacial score (nSPS) is 10.8. The maximum atomic E-state index is 12.3. The molecule has 0 bridgehead atoms. The molecule has 0 saturated carbocycles. The van der Waals surface area contributed by atoms with E-state index >= 15 is 0 Å². The van der Waals surface area contributed by atoms with Crippen molar-refractivity contribution in [3.63, 3.8) is 0 Å². The molecule has 4 heteroatoms. The third kappa shape index (κ3) is 2.74. The van der Waals surface area contributed by atoms with Crippen LogP contribution in [0.3, 0.4) is 0 Å². The number of H-pyrrole nitrogens is 1. The third-order valence-corrected chi connectivity index (χ3v) is 3.37. The van der Waals surface area contributed by atoms with Crippen LogP contribution < -0.4 is 11.1 Å². The number of nitrogens with one attached hydrogen (secondary N) is 2. The van der Waals surface area contributed by atoms with Crippen molar-refractivity contribution in [1.29, 1.82) is 0 Å². The maximum Gasteiger partial charge on any atom is 0.272 e. The summed E-state index contributed by atoms with van der Waals surface area (Å²) < 4.78 is 0. The first-order chi connectivity index (χ1) is 10.0. The Kier molecular flexibility index (Phi) is 3.14. The number of aromatic nitrogens is 1. The third-order valence-electron chi connectivity index (χ3n) is 3.37. The zero-order chi connectivity index (χ0) is 15.0. The molecule has 21 heavy (non-hydrogen) atoms. The molecular weight excluding hydrogens is 262 g/mol. The molecular formula is C17H17N3O. The van der Waals surface area contributed by atoms with Crippen LogP contribution in [0, 0.1) is 13.8 Å². The number of hydrogen-bond donors (Lipinski definition) is 3. The van der Waals surface area contributed by atoms with Crippen LogP contribution in [0.2, 0.25) is 0 Å². The molecule has 4 nitrogen and oxygen atoms in total. The molecule has 3 aromatic rings. The summed E-state index contributed by atoms with van der Waals surface area (Å²) >= 11 is 0. The van der Waals surface area contributed by atoms with Gasteiger partial charge in [0.25, 0.3) is 5.91 Å². The van der Waals surface area contributed by atoms with E-state index in [4.69, 9.17) is 5.73 Å². The lowest BCUT2D eigenvalue weighted by Crippen LogP contribution is -2.12. The Hall–Kier alpha value is -2.75. The first-order valence-electron chi connectivity index (χ1n) is 6.79. The number of nitrogen functional groups attached to an aromatic ring is 1. The molecule has 0 aliphatic carbocycles. The SMILES string of the molecule is Cc1cc(C)cc(NC(=O)c2cc3cc(N)ccc3[nH]2)c1. The Morgan fingerprint density at radius 2 is 1.76 bits per heavy atom. The average Bonchev–Trinajstić information content (AvgIpc) is 2.80. The fraction of sp³-hybridized carbons (Fsp3) is 0.118. The fourth-order valence-corrected chi connectivity index (χ4v) is 2.52. The van der Waals surface area contributed by atoms with Gasteiger partial charge in [-0.05, 0) is 61.4 Å². The van der Waals surface area contributed by atoms with Crippen molar-refractivity contribution in [2.45, 2.75) is 13.8 Å². The number of rotatable bonds is 2. The summed E-state index contributed by atoms with van der Waals surface area (Å²) in [5.74, 6) is -0.158. The van der Waals surface area contributed by atoms with Crippen LogP contribution in [0.4, 0.5) is 11.4 Å². The summed E-state index contributed by atoms with van der Waals surface area (Å²) in [6.07, 6.45) is 0. The highest BCUT2D eigenvalue weighted by Crippen LogP contribution is 2.20. The van der Waals surface area contributed by atoms with Gasteiger partial charge < -0.3 is 16.0 Å². The molecule has 2 aromatic carbocycles. The second-order valence-electron chi connectivity index (χ2n) is 5.36. The molecule has 4 N–H and O–H groups in total. The van der Waals surface area contributed by atoms with E-state index in [-0.39, 0.29) is 5.91 Å². The predicted octanol–water partition coefficient (Wildman–Crippen LogP) is 3.62. The Morgan fingerprint density at radius 3 is 2.48 bits per heavy atom. The molecule has 3 rings (SSSR count). The minimum atomic E-state index is -0.158. The molecule has 0 aliphatic heterocycles. The molecule has 0 unspecified atom stereocenters. The molecule has 0 saturated heterocycles. The Bertz CT molecular complexity index is 813. The van der Waals surface area contributed by atoms with E-state index in [2.05, 4.69) is 16.4 Å². The van der Waals surface area contributed by atoms with E-state index in [9.17, 15) is 4.79 Å². The highest BCUT2D eigenvalue weighted by Gasteiger charge is 2.10. The van der Waals surface area contributed by atoms with Gasteiger partial charge >= 0.3 is 0 Å². The van der Waals surface area contributed by atoms with Crippen LogP contribution in [0.15, 0.2) is 42.5 Å². The lowest BCUT2D eigenvalue weighted by Gasteiger charge is -2.06. The Labute approximate surface area is 123 Å². The van der Waals surface area contributed by atoms with Gasteiger partial charge in [-0.1, -0.05) is 6.07 Å². The molecule has 0 aliphatic rings. The van der Waals surface area contributed by atoms with Gasteiger partial charge in [-0.15, -0.1) is 0 Å². The van der Waals surface area contributed by atoms with E-state index in [1.165, 1.54) is 0 Å². The zero-order valence-electron chi connectivity index (χ0n) is 12.0. The first-order valence-corrected chi connectivity index (χ1v) is 6.79. The molecule has 0 atom stereocenters. The Morgan fingerprint density at radius 1 is 1.05 bits per heavy atom. The number of nitrogens with two attached hydrogens (primary N) is 1. The fourth-order valence-electron chi connectivity index (χ4n) is 2.52. The van der Waals surface area contributed by atoms with Gasteiger partial charge in [0.1, 0.15) is 5.69 Å². The second-order valence-corrected chi connectivity index (χ2v) is 5.36. The maximum absolute atomic E-state index is 12.3. The van der Waals surface area contributed by atoms with E-state index in [0.29, 0.717) is 11.4 Å². The molecule has 1 aromatic heterocycles. The van der Waals surface area contributed by atoms with Crippen LogP contribution in [-0.4, -0.2) is 10.9 Å². The molecule has 0 fully saturated rings. The minimum absolute atomic E-state index is 0.158. The quantitative estimate of drug-likeness (QED) is 0.627. The van der Waals surface area contributed by atoms with E-state index < -0.39 is 0 Å². The van der Waals surface area contributed by atoms with Crippen molar-refractivity contribution in [2.24, 2.45) is 0 Å². The van der Waals surface area contributed by atoms with E-state index in [0.717, 1.165) is 27.7 Å². The number of hydrogen-bond acceptors (Lipinski definition) is 2. The summed E-state index contributed by atoms with van der Waals surface area (Å²) in [6, 6.07) is 13.3. The van der Waals surface area contributed by atoms with Crippen molar-refractivity contribution in [2.75, 3.05) is 11.1 Å². The average molecular weight is 279 g/mol. The lowest BCUT2D eigenvalue weighted by molar-refractivity contribution is 0.102. The standard InChI is InChI=1S/C17H17N3O/c1-10-5-11(2)7-14(6-10)19-17(21)16-9-12-8-13(18)3-4-15(12)20-16/h3-9,20H,18H2,1-2H3,(H,19,21). The van der Waals surface area contributed by atoms with Gasteiger partial charge in [0.2, 0.25) is 0 Å². The largest absolute Gasteiger partial charge is 0.399 e. The van der Waals surface area contributed by atoms with Crippen molar-refractivity contribution in [3.8, 4) is 0 Å². The number of aromatic amines is 1. The van der Waals surface area contributed by atoms with Crippen molar-refractivity contribution >= 4 is 28.2 Å². The summed E-state index contributed by atoms with van der Waals surface area (Å²) in [7, 11) is 0. The van der Waals surface area contributed by atoms with E-state index in [1.807, 2.05) is 50.2 Å². The number of carbonyl (C=O) groups excluding carboxylic acids is 1. The minimum Gasteiger partial charge on any atom is -0.399 e. The molecule has 0 spiro atoms. The van der Waals surface area contributed by atoms with Gasteiger partial charge in [-0.3, -0.25) is 4.79 Å². The number of aryl methyl sites for hydroxylation is 2. The highest BCUT2D eigenvalue weighted by atomic mass is 16.1. The van der Waals surface area contributed by atoms with Gasteiger partial charge in [-0.25, -0.2) is 0 Å². The summed E-state index contributed by atoms with van der Waals surface area (Å²) in [6.45, 7) is 4.02. The molecule has 1 amide bonds. The van der Waals surface area contributed by atoms with Gasteiger partial charge in [0, 0.05) is 22.3 Å². The number of anilines is 2. The predicted molar refractivity (Wildman–Crippen MR) is 86.6 cm³/mol. The number of carbonyl (C=O) groups is 1. The van der Waals surface area contributed by atoms with Crippen molar-refractivity contribution < 1.29 is 4.79 Å². The topological polar surface area (TPSA) is 70.9 Å². The zero-order valence-corrected chi connectivity index (χ0v) is 12.0. The van der Waals surface area contributed by atoms with Crippen LogP contribution in [0.1, 0.15) is 21.6 Å². The van der Waals surface area contributed by atoms with Crippen LogP contribution >= 0.6 is 0 Å².